The van der Waals surface area contributed by atoms with E-state index in [2.05, 4.69) is 15.0 Å². The number of aromatic carboxylic acids is 1. The van der Waals surface area contributed by atoms with Crippen molar-refractivity contribution in [2.45, 2.75) is 0 Å². The number of aromatic nitrogens is 3. The Morgan fingerprint density at radius 1 is 1.29 bits per heavy atom. The van der Waals surface area contributed by atoms with E-state index in [-0.39, 0.29) is 11.4 Å². The van der Waals surface area contributed by atoms with Gasteiger partial charge in [-0.2, -0.15) is 0 Å². The molecular weight excluding hydrogens is 220 g/mol. The van der Waals surface area contributed by atoms with Gasteiger partial charge in [-0.05, 0) is 12.1 Å². The molecule has 0 aliphatic rings. The maximum atomic E-state index is 11.2. The standard InChI is InChI=1S/C11H8N4O2/c12-9-8-7-5(11(16)17)2-1-3-6(7)15-10(8)14-4-13-9/h1-4H,(H,16,17)(H3,12,13,14,15). The monoisotopic (exact) mass is 228 g/mol. The van der Waals surface area contributed by atoms with Crippen LogP contribution in [0.4, 0.5) is 5.82 Å². The number of hydrogen-bond acceptors (Lipinski definition) is 4. The first-order chi connectivity index (χ1) is 8.18. The lowest BCUT2D eigenvalue weighted by Gasteiger charge is -1.98. The van der Waals surface area contributed by atoms with Gasteiger partial charge in [-0.1, -0.05) is 6.07 Å². The van der Waals surface area contributed by atoms with E-state index in [0.717, 1.165) is 0 Å². The van der Waals surface area contributed by atoms with Gasteiger partial charge < -0.3 is 15.8 Å². The second kappa shape index (κ2) is 3.18. The predicted molar refractivity (Wildman–Crippen MR) is 62.8 cm³/mol. The van der Waals surface area contributed by atoms with Gasteiger partial charge in [-0.25, -0.2) is 14.8 Å². The molecule has 2 aromatic heterocycles. The van der Waals surface area contributed by atoms with Gasteiger partial charge >= 0.3 is 5.97 Å². The third-order valence-electron chi connectivity index (χ3n) is 2.67. The minimum Gasteiger partial charge on any atom is -0.478 e. The Morgan fingerprint density at radius 3 is 2.88 bits per heavy atom. The molecule has 0 unspecified atom stereocenters. The molecule has 0 bridgehead atoms. The Bertz CT molecular complexity index is 748. The van der Waals surface area contributed by atoms with E-state index in [9.17, 15) is 4.79 Å². The zero-order valence-corrected chi connectivity index (χ0v) is 8.64. The van der Waals surface area contributed by atoms with Crippen molar-refractivity contribution < 1.29 is 9.90 Å². The van der Waals surface area contributed by atoms with Crippen molar-refractivity contribution in [2.75, 3.05) is 5.73 Å². The molecule has 1 aromatic carbocycles. The Morgan fingerprint density at radius 2 is 2.12 bits per heavy atom. The third-order valence-corrected chi connectivity index (χ3v) is 2.67. The molecular formula is C11H8N4O2. The lowest BCUT2D eigenvalue weighted by Crippen LogP contribution is -1.97. The molecule has 0 amide bonds. The van der Waals surface area contributed by atoms with E-state index in [1.54, 1.807) is 12.1 Å². The largest absolute Gasteiger partial charge is 0.478 e. The number of rotatable bonds is 1. The number of aromatic amines is 1. The summed E-state index contributed by atoms with van der Waals surface area (Å²) in [5.74, 6) is -0.727. The normalized spacial score (nSPS) is 11.1. The fraction of sp³-hybridized carbons (Fsp3) is 0. The number of nitrogens with one attached hydrogen (secondary N) is 1. The van der Waals surface area contributed by atoms with Crippen molar-refractivity contribution in [2.24, 2.45) is 0 Å². The summed E-state index contributed by atoms with van der Waals surface area (Å²) in [6, 6.07) is 4.98. The summed E-state index contributed by atoms with van der Waals surface area (Å²) in [5, 5.41) is 10.3. The van der Waals surface area contributed by atoms with E-state index in [0.29, 0.717) is 21.9 Å². The summed E-state index contributed by atoms with van der Waals surface area (Å²) >= 11 is 0. The number of nitrogens with two attached hydrogens (primary N) is 1. The van der Waals surface area contributed by atoms with Crippen LogP contribution in [0.25, 0.3) is 21.9 Å². The van der Waals surface area contributed by atoms with E-state index >= 15 is 0 Å². The van der Waals surface area contributed by atoms with E-state index in [4.69, 9.17) is 10.8 Å². The number of hydrogen-bond donors (Lipinski definition) is 3. The van der Waals surface area contributed by atoms with Gasteiger partial charge in [0.2, 0.25) is 0 Å². The lowest BCUT2D eigenvalue weighted by atomic mass is 10.1. The predicted octanol–water partition coefficient (Wildman–Crippen LogP) is 1.39. The maximum absolute atomic E-state index is 11.2. The van der Waals surface area contributed by atoms with Gasteiger partial charge in [0.1, 0.15) is 17.8 Å². The topological polar surface area (TPSA) is 105 Å². The molecule has 6 nitrogen and oxygen atoms in total. The Kier molecular flexibility index (Phi) is 1.79. The highest BCUT2D eigenvalue weighted by Crippen LogP contribution is 2.30. The maximum Gasteiger partial charge on any atom is 0.336 e. The van der Waals surface area contributed by atoms with Crippen molar-refractivity contribution in [3.63, 3.8) is 0 Å². The number of benzene rings is 1. The van der Waals surface area contributed by atoms with E-state index in [1.807, 2.05) is 0 Å². The molecule has 0 saturated carbocycles. The number of nitrogen functional groups attached to an aromatic ring is 1. The second-order valence-electron chi connectivity index (χ2n) is 3.64. The van der Waals surface area contributed by atoms with Crippen LogP contribution in [0.5, 0.6) is 0 Å². The molecule has 4 N–H and O–H groups in total. The fourth-order valence-electron chi connectivity index (χ4n) is 1.97. The fourth-order valence-corrected chi connectivity index (χ4v) is 1.97. The Hall–Kier alpha value is -2.63. The van der Waals surface area contributed by atoms with Crippen LogP contribution in [0.15, 0.2) is 24.5 Å². The van der Waals surface area contributed by atoms with Crippen molar-refractivity contribution in [1.29, 1.82) is 0 Å². The quantitative estimate of drug-likeness (QED) is 0.583. The van der Waals surface area contributed by atoms with Crippen LogP contribution >= 0.6 is 0 Å². The van der Waals surface area contributed by atoms with Gasteiger partial charge in [-0.15, -0.1) is 0 Å². The van der Waals surface area contributed by atoms with Gasteiger partial charge in [0.25, 0.3) is 0 Å². The molecule has 0 spiro atoms. The molecule has 3 aromatic rings. The first kappa shape index (κ1) is 9.59. The molecule has 0 fully saturated rings. The first-order valence-corrected chi connectivity index (χ1v) is 4.92. The van der Waals surface area contributed by atoms with Crippen molar-refractivity contribution in [1.82, 2.24) is 15.0 Å². The number of carboxylic acids is 1. The van der Waals surface area contributed by atoms with Gasteiger partial charge in [0, 0.05) is 10.9 Å². The summed E-state index contributed by atoms with van der Waals surface area (Å²) < 4.78 is 0. The number of nitrogens with zero attached hydrogens (tertiary/aromatic N) is 2. The SMILES string of the molecule is Nc1ncnc2[nH]c3cccc(C(=O)O)c3c12. The molecule has 0 aliphatic heterocycles. The Labute approximate surface area is 95.1 Å². The number of fused-ring (bicyclic) bond motifs is 3. The molecule has 0 saturated heterocycles. The number of H-pyrrole nitrogens is 1. The van der Waals surface area contributed by atoms with Crippen LogP contribution in [0.2, 0.25) is 0 Å². The summed E-state index contributed by atoms with van der Waals surface area (Å²) in [6.07, 6.45) is 1.34. The molecule has 0 atom stereocenters. The molecule has 0 radical (unpaired) electrons. The lowest BCUT2D eigenvalue weighted by molar-refractivity contribution is 0.0699. The van der Waals surface area contributed by atoms with Crippen LogP contribution in [0, 0.1) is 0 Å². The van der Waals surface area contributed by atoms with Crippen LogP contribution in [-0.2, 0) is 0 Å². The zero-order chi connectivity index (χ0) is 12.0. The molecule has 17 heavy (non-hydrogen) atoms. The molecule has 3 rings (SSSR count). The minimum atomic E-state index is -1.00. The van der Waals surface area contributed by atoms with Gasteiger partial charge in [-0.3, -0.25) is 0 Å². The van der Waals surface area contributed by atoms with Gasteiger partial charge in [0.05, 0.1) is 10.9 Å². The third kappa shape index (κ3) is 1.24. The molecule has 0 aliphatic carbocycles. The number of carbonyl (C=O) groups is 1. The molecule has 6 heteroatoms. The Balaban J connectivity index is 2.61. The van der Waals surface area contributed by atoms with Crippen LogP contribution in [-0.4, -0.2) is 26.0 Å². The van der Waals surface area contributed by atoms with Crippen molar-refractivity contribution >= 4 is 33.7 Å². The van der Waals surface area contributed by atoms with Crippen molar-refractivity contribution in [3.05, 3.63) is 30.1 Å². The van der Waals surface area contributed by atoms with Crippen LogP contribution < -0.4 is 5.73 Å². The summed E-state index contributed by atoms with van der Waals surface area (Å²) in [7, 11) is 0. The minimum absolute atomic E-state index is 0.190. The van der Waals surface area contributed by atoms with Crippen LogP contribution in [0.1, 0.15) is 10.4 Å². The zero-order valence-electron chi connectivity index (χ0n) is 8.64. The average Bonchev–Trinajstić information content (AvgIpc) is 2.67. The van der Waals surface area contributed by atoms with E-state index < -0.39 is 5.97 Å². The number of carboxylic acid groups (broad SMARTS) is 1. The van der Waals surface area contributed by atoms with Gasteiger partial charge in [0.15, 0.2) is 0 Å². The van der Waals surface area contributed by atoms with Crippen LogP contribution in [0.3, 0.4) is 0 Å². The average molecular weight is 228 g/mol. The molecule has 2 heterocycles. The highest BCUT2D eigenvalue weighted by Gasteiger charge is 2.15. The number of anilines is 1. The highest BCUT2D eigenvalue weighted by atomic mass is 16.4. The molecule has 84 valence electrons. The first-order valence-electron chi connectivity index (χ1n) is 4.92. The van der Waals surface area contributed by atoms with E-state index in [1.165, 1.54) is 12.4 Å². The highest BCUT2D eigenvalue weighted by molar-refractivity contribution is 6.18. The second-order valence-corrected chi connectivity index (χ2v) is 3.64. The smallest absolute Gasteiger partial charge is 0.336 e. The van der Waals surface area contributed by atoms with Crippen molar-refractivity contribution in [3.8, 4) is 0 Å². The summed E-state index contributed by atoms with van der Waals surface area (Å²) in [5.41, 5.74) is 7.19. The summed E-state index contributed by atoms with van der Waals surface area (Å²) in [6.45, 7) is 0. The summed E-state index contributed by atoms with van der Waals surface area (Å²) in [4.78, 5) is 22.1.